The van der Waals surface area contributed by atoms with Crippen LogP contribution in [0.1, 0.15) is 6.92 Å². The molecule has 0 bridgehead atoms. The van der Waals surface area contributed by atoms with Crippen molar-refractivity contribution < 1.29 is 4.79 Å². The van der Waals surface area contributed by atoms with E-state index in [0.29, 0.717) is 0 Å². The molecular weight excluding hydrogens is 286 g/mol. The Bertz CT molecular complexity index is 414. The number of nitrogens with one attached hydrogen (secondary N) is 1. The van der Waals surface area contributed by atoms with Gasteiger partial charge < -0.3 is 5.32 Å². The van der Waals surface area contributed by atoms with Gasteiger partial charge in [0.15, 0.2) is 0 Å². The number of thioether (sulfide) groups is 1. The largest absolute Gasteiger partial charge is 0.344 e. The van der Waals surface area contributed by atoms with Gasteiger partial charge in [0.25, 0.3) is 0 Å². The molecule has 16 heavy (non-hydrogen) atoms. The zero-order chi connectivity index (χ0) is 12.0. The van der Waals surface area contributed by atoms with Crippen molar-refractivity contribution in [3.63, 3.8) is 0 Å². The molecule has 0 aliphatic carbocycles. The van der Waals surface area contributed by atoms with Gasteiger partial charge >= 0.3 is 0 Å². The van der Waals surface area contributed by atoms with Crippen molar-refractivity contribution in [2.45, 2.75) is 17.1 Å². The van der Waals surface area contributed by atoms with Crippen molar-refractivity contribution in [3.05, 3.63) is 28.7 Å². The third kappa shape index (κ3) is 3.92. The molecule has 1 aromatic carbocycles. The Morgan fingerprint density at radius 1 is 1.62 bits per heavy atom. The first-order valence-electron chi connectivity index (χ1n) is 4.77. The summed E-state index contributed by atoms with van der Waals surface area (Å²) in [4.78, 5) is 12.6. The Kier molecular flexibility index (Phi) is 5.44. The summed E-state index contributed by atoms with van der Waals surface area (Å²) in [6, 6.07) is 7.81. The van der Waals surface area contributed by atoms with E-state index in [1.165, 1.54) is 11.8 Å². The van der Waals surface area contributed by atoms with Crippen LogP contribution in [-0.4, -0.2) is 17.7 Å². The lowest BCUT2D eigenvalue weighted by Crippen LogP contribution is -2.31. The van der Waals surface area contributed by atoms with Gasteiger partial charge in [-0.1, -0.05) is 18.1 Å². The lowest BCUT2D eigenvalue weighted by Gasteiger charge is -2.11. The van der Waals surface area contributed by atoms with Crippen molar-refractivity contribution in [2.75, 3.05) is 6.54 Å². The molecule has 4 heteroatoms. The SMILES string of the molecule is C#CCNC(=O)C(C)Sc1ccccc1Br. The summed E-state index contributed by atoms with van der Waals surface area (Å²) in [6.45, 7) is 2.13. The quantitative estimate of drug-likeness (QED) is 0.684. The molecule has 0 saturated heterocycles. The molecule has 0 aliphatic heterocycles. The third-order valence-corrected chi connectivity index (χ3v) is 4.01. The minimum absolute atomic E-state index is 0.0429. The van der Waals surface area contributed by atoms with E-state index in [9.17, 15) is 4.79 Å². The van der Waals surface area contributed by atoms with Crippen molar-refractivity contribution in [3.8, 4) is 12.3 Å². The monoisotopic (exact) mass is 297 g/mol. The summed E-state index contributed by atoms with van der Waals surface area (Å²) in [5.74, 6) is 2.34. The van der Waals surface area contributed by atoms with Crippen molar-refractivity contribution in [1.29, 1.82) is 0 Å². The van der Waals surface area contributed by atoms with Gasteiger partial charge in [-0.2, -0.15) is 0 Å². The summed E-state index contributed by atoms with van der Waals surface area (Å²) in [5, 5.41) is 2.50. The predicted octanol–water partition coefficient (Wildman–Crippen LogP) is 2.68. The number of hydrogen-bond donors (Lipinski definition) is 1. The Labute approximate surface area is 108 Å². The van der Waals surface area contributed by atoms with Crippen LogP contribution < -0.4 is 5.32 Å². The van der Waals surface area contributed by atoms with E-state index in [-0.39, 0.29) is 17.7 Å². The zero-order valence-electron chi connectivity index (χ0n) is 8.87. The number of hydrogen-bond acceptors (Lipinski definition) is 2. The molecular formula is C12H12BrNOS. The predicted molar refractivity (Wildman–Crippen MR) is 71.3 cm³/mol. The maximum Gasteiger partial charge on any atom is 0.233 e. The minimum atomic E-state index is -0.160. The van der Waals surface area contributed by atoms with E-state index in [1.54, 1.807) is 0 Å². The summed E-state index contributed by atoms with van der Waals surface area (Å²) in [6.07, 6.45) is 5.07. The first kappa shape index (κ1) is 13.1. The second kappa shape index (κ2) is 6.62. The number of benzene rings is 1. The molecule has 0 aromatic heterocycles. The van der Waals surface area contributed by atoms with E-state index in [4.69, 9.17) is 6.42 Å². The highest BCUT2D eigenvalue weighted by Gasteiger charge is 2.14. The van der Waals surface area contributed by atoms with Gasteiger partial charge in [0.05, 0.1) is 11.8 Å². The highest BCUT2D eigenvalue weighted by atomic mass is 79.9. The Morgan fingerprint density at radius 3 is 2.94 bits per heavy atom. The van der Waals surface area contributed by atoms with Crippen LogP contribution in [0.5, 0.6) is 0 Å². The molecule has 0 fully saturated rings. The molecule has 1 N–H and O–H groups in total. The number of carbonyl (C=O) groups is 1. The summed E-state index contributed by atoms with van der Waals surface area (Å²) in [5.41, 5.74) is 0. The molecule has 1 aromatic rings. The molecule has 0 aliphatic rings. The molecule has 1 unspecified atom stereocenters. The smallest absolute Gasteiger partial charge is 0.233 e. The zero-order valence-corrected chi connectivity index (χ0v) is 11.3. The fraction of sp³-hybridized carbons (Fsp3) is 0.250. The van der Waals surface area contributed by atoms with Crippen LogP contribution in [0.4, 0.5) is 0 Å². The highest BCUT2D eigenvalue weighted by Crippen LogP contribution is 2.30. The van der Waals surface area contributed by atoms with Gasteiger partial charge in [0.2, 0.25) is 5.91 Å². The fourth-order valence-corrected chi connectivity index (χ4v) is 2.54. The van der Waals surface area contributed by atoms with Gasteiger partial charge in [-0.15, -0.1) is 18.2 Å². The fourth-order valence-electron chi connectivity index (χ4n) is 1.07. The van der Waals surface area contributed by atoms with E-state index in [2.05, 4.69) is 27.2 Å². The van der Waals surface area contributed by atoms with E-state index in [0.717, 1.165) is 9.37 Å². The second-order valence-corrected chi connectivity index (χ2v) is 5.35. The minimum Gasteiger partial charge on any atom is -0.344 e. The van der Waals surface area contributed by atoms with Crippen LogP contribution in [0, 0.1) is 12.3 Å². The van der Waals surface area contributed by atoms with Crippen LogP contribution >= 0.6 is 27.7 Å². The van der Waals surface area contributed by atoms with Gasteiger partial charge in [0, 0.05) is 9.37 Å². The number of terminal acetylenes is 1. The topological polar surface area (TPSA) is 29.1 Å². The lowest BCUT2D eigenvalue weighted by atomic mass is 10.4. The average Bonchev–Trinajstić information content (AvgIpc) is 2.28. The summed E-state index contributed by atoms with van der Waals surface area (Å²) in [7, 11) is 0. The van der Waals surface area contributed by atoms with E-state index < -0.39 is 0 Å². The molecule has 2 nitrogen and oxygen atoms in total. The maximum atomic E-state index is 11.6. The van der Waals surface area contributed by atoms with Crippen LogP contribution in [-0.2, 0) is 4.79 Å². The molecule has 0 saturated carbocycles. The lowest BCUT2D eigenvalue weighted by molar-refractivity contribution is -0.120. The Balaban J connectivity index is 2.58. The normalized spacial score (nSPS) is 11.6. The second-order valence-electron chi connectivity index (χ2n) is 3.11. The van der Waals surface area contributed by atoms with Crippen LogP contribution in [0.25, 0.3) is 0 Å². The number of rotatable bonds is 4. The van der Waals surface area contributed by atoms with Gasteiger partial charge in [0.1, 0.15) is 0 Å². The Hall–Kier alpha value is -0.920. The molecule has 1 rings (SSSR count). The number of amides is 1. The molecule has 0 radical (unpaired) electrons. The highest BCUT2D eigenvalue weighted by molar-refractivity contribution is 9.10. The van der Waals surface area contributed by atoms with E-state index in [1.807, 2.05) is 31.2 Å². The first-order chi connectivity index (χ1) is 7.65. The first-order valence-corrected chi connectivity index (χ1v) is 6.44. The molecule has 0 heterocycles. The third-order valence-electron chi connectivity index (χ3n) is 1.87. The molecule has 84 valence electrons. The number of halogens is 1. The van der Waals surface area contributed by atoms with E-state index >= 15 is 0 Å². The summed E-state index contributed by atoms with van der Waals surface area (Å²) < 4.78 is 0.997. The van der Waals surface area contributed by atoms with Crippen LogP contribution in [0.15, 0.2) is 33.6 Å². The molecule has 1 atom stereocenters. The standard InChI is InChI=1S/C12H12BrNOS/c1-3-8-14-12(15)9(2)16-11-7-5-4-6-10(11)13/h1,4-7,9H,8H2,2H3,(H,14,15). The van der Waals surface area contributed by atoms with Crippen molar-refractivity contribution in [1.82, 2.24) is 5.32 Å². The van der Waals surface area contributed by atoms with Gasteiger partial charge in [-0.3, -0.25) is 4.79 Å². The average molecular weight is 298 g/mol. The number of carbonyl (C=O) groups excluding carboxylic acids is 1. The van der Waals surface area contributed by atoms with Crippen LogP contribution in [0.3, 0.4) is 0 Å². The maximum absolute atomic E-state index is 11.6. The molecule has 1 amide bonds. The van der Waals surface area contributed by atoms with Gasteiger partial charge in [-0.05, 0) is 35.0 Å². The van der Waals surface area contributed by atoms with Crippen molar-refractivity contribution >= 4 is 33.6 Å². The van der Waals surface area contributed by atoms with Crippen molar-refractivity contribution in [2.24, 2.45) is 0 Å². The molecule has 0 spiro atoms. The van der Waals surface area contributed by atoms with Crippen LogP contribution in [0.2, 0.25) is 0 Å². The Morgan fingerprint density at radius 2 is 2.31 bits per heavy atom. The van der Waals surface area contributed by atoms with Gasteiger partial charge in [-0.25, -0.2) is 0 Å². The summed E-state index contributed by atoms with van der Waals surface area (Å²) >= 11 is 4.94.